The summed E-state index contributed by atoms with van der Waals surface area (Å²) in [7, 11) is 6.42. The summed E-state index contributed by atoms with van der Waals surface area (Å²) in [6, 6.07) is 0.584. The third-order valence-electron chi connectivity index (χ3n) is 4.85. The lowest BCUT2D eigenvalue weighted by atomic mass is 9.82. The highest BCUT2D eigenvalue weighted by atomic mass is 15.2. The molecule has 1 saturated heterocycles. The molecule has 0 radical (unpaired) electrons. The summed E-state index contributed by atoms with van der Waals surface area (Å²) in [5.74, 6) is 1.10. The topological polar surface area (TPSA) is 50.3 Å². The molecule has 0 amide bonds. The number of rotatable bonds is 4. The van der Waals surface area contributed by atoms with E-state index in [1.165, 1.54) is 0 Å². The largest absolute Gasteiger partial charge is 0.337 e. The van der Waals surface area contributed by atoms with Gasteiger partial charge >= 0.3 is 0 Å². The number of aryl methyl sites for hydroxylation is 1. The van der Waals surface area contributed by atoms with Crippen LogP contribution in [0.5, 0.6) is 0 Å². The van der Waals surface area contributed by atoms with E-state index in [9.17, 15) is 0 Å². The lowest BCUT2D eigenvalue weighted by Gasteiger charge is -2.49. The second-order valence-electron chi connectivity index (χ2n) is 6.02. The molecule has 1 aliphatic rings. The Morgan fingerprint density at radius 1 is 1.53 bits per heavy atom. The van der Waals surface area contributed by atoms with Crippen LogP contribution in [0.3, 0.4) is 0 Å². The van der Waals surface area contributed by atoms with Crippen LogP contribution in [0.15, 0.2) is 12.4 Å². The summed E-state index contributed by atoms with van der Waals surface area (Å²) in [6.45, 7) is 4.98. The van der Waals surface area contributed by atoms with Crippen molar-refractivity contribution in [2.24, 2.45) is 12.8 Å². The lowest BCUT2D eigenvalue weighted by Crippen LogP contribution is -2.59. The van der Waals surface area contributed by atoms with Gasteiger partial charge in [0.25, 0.3) is 0 Å². The Kier molecular flexibility index (Phi) is 4.28. The molecule has 2 unspecified atom stereocenters. The van der Waals surface area contributed by atoms with E-state index in [-0.39, 0.29) is 5.54 Å². The number of hydrogen-bond acceptors (Lipinski definition) is 4. The van der Waals surface area contributed by atoms with E-state index >= 15 is 0 Å². The van der Waals surface area contributed by atoms with E-state index in [1.807, 2.05) is 19.4 Å². The quantitative estimate of drug-likeness (QED) is 0.869. The van der Waals surface area contributed by atoms with E-state index in [2.05, 4.69) is 40.4 Å². The second kappa shape index (κ2) is 5.61. The van der Waals surface area contributed by atoms with Crippen molar-refractivity contribution in [3.8, 4) is 0 Å². The first-order valence-corrected chi connectivity index (χ1v) is 7.06. The predicted molar refractivity (Wildman–Crippen MR) is 77.8 cm³/mol. The van der Waals surface area contributed by atoms with Gasteiger partial charge in [-0.25, -0.2) is 4.98 Å². The molecule has 5 nitrogen and oxygen atoms in total. The molecule has 2 N–H and O–H groups in total. The van der Waals surface area contributed by atoms with Crippen molar-refractivity contribution in [3.05, 3.63) is 18.2 Å². The van der Waals surface area contributed by atoms with Gasteiger partial charge in [0, 0.05) is 37.6 Å². The van der Waals surface area contributed by atoms with Crippen molar-refractivity contribution >= 4 is 0 Å². The average molecular weight is 265 g/mol. The predicted octanol–water partition coefficient (Wildman–Crippen LogP) is 0.664. The molecule has 1 aromatic rings. The van der Waals surface area contributed by atoms with Gasteiger partial charge in [-0.2, -0.15) is 0 Å². The van der Waals surface area contributed by atoms with Crippen LogP contribution in [0.1, 0.15) is 25.6 Å². The second-order valence-corrected chi connectivity index (χ2v) is 6.02. The molecular formula is C14H27N5. The summed E-state index contributed by atoms with van der Waals surface area (Å²) in [4.78, 5) is 9.24. The van der Waals surface area contributed by atoms with Gasteiger partial charge in [-0.1, -0.05) is 0 Å². The number of hydrogen-bond donors (Lipinski definition) is 1. The Morgan fingerprint density at radius 3 is 2.79 bits per heavy atom. The molecular weight excluding hydrogens is 238 g/mol. The summed E-state index contributed by atoms with van der Waals surface area (Å²) in [5, 5.41) is 0. The Balaban J connectivity index is 2.10. The van der Waals surface area contributed by atoms with E-state index in [4.69, 9.17) is 5.73 Å². The first-order valence-electron chi connectivity index (χ1n) is 7.06. The van der Waals surface area contributed by atoms with Crippen LogP contribution in [0.2, 0.25) is 0 Å². The fourth-order valence-corrected chi connectivity index (χ4v) is 3.03. The molecule has 0 spiro atoms. The minimum Gasteiger partial charge on any atom is -0.337 e. The number of nitrogens with two attached hydrogens (primary N) is 1. The first-order chi connectivity index (χ1) is 8.98. The lowest BCUT2D eigenvalue weighted by molar-refractivity contribution is 0.0204. The Bertz CT molecular complexity index is 416. The summed E-state index contributed by atoms with van der Waals surface area (Å²) >= 11 is 0. The number of piperidine rings is 1. The molecule has 108 valence electrons. The van der Waals surface area contributed by atoms with Crippen molar-refractivity contribution in [3.63, 3.8) is 0 Å². The van der Waals surface area contributed by atoms with Crippen LogP contribution in [0.25, 0.3) is 0 Å². The van der Waals surface area contributed by atoms with Gasteiger partial charge in [0.15, 0.2) is 0 Å². The van der Waals surface area contributed by atoms with E-state index in [0.717, 1.165) is 31.8 Å². The molecule has 1 fully saturated rings. The molecule has 1 aliphatic heterocycles. The van der Waals surface area contributed by atoms with Crippen LogP contribution < -0.4 is 5.73 Å². The molecule has 0 saturated carbocycles. The van der Waals surface area contributed by atoms with Crippen LogP contribution in [-0.2, 0) is 13.6 Å². The van der Waals surface area contributed by atoms with Gasteiger partial charge in [0.1, 0.15) is 5.82 Å². The highest BCUT2D eigenvalue weighted by molar-refractivity contribution is 5.00. The zero-order valence-corrected chi connectivity index (χ0v) is 12.6. The molecule has 0 aromatic carbocycles. The standard InChI is InChI=1S/C14H27N5/c1-12-9-14(11-15,5-7-17(12)2)19(4)10-13-16-6-8-18(13)3/h6,8,12H,5,7,9-11,15H2,1-4H3. The first kappa shape index (κ1) is 14.5. The van der Waals surface area contributed by atoms with Crippen LogP contribution in [0, 0.1) is 0 Å². The van der Waals surface area contributed by atoms with Crippen molar-refractivity contribution in [1.82, 2.24) is 19.4 Å². The fourth-order valence-electron chi connectivity index (χ4n) is 3.03. The van der Waals surface area contributed by atoms with Gasteiger partial charge in [-0.05, 0) is 40.4 Å². The number of likely N-dealkylation sites (N-methyl/N-ethyl adjacent to an activating group) is 1. The molecule has 1 aromatic heterocycles. The highest BCUT2D eigenvalue weighted by Crippen LogP contribution is 2.31. The fraction of sp³-hybridized carbons (Fsp3) is 0.786. The smallest absolute Gasteiger partial charge is 0.122 e. The maximum Gasteiger partial charge on any atom is 0.122 e. The third-order valence-corrected chi connectivity index (χ3v) is 4.85. The minimum absolute atomic E-state index is 0.109. The molecule has 0 aliphatic carbocycles. The molecule has 2 atom stereocenters. The molecule has 2 rings (SSSR count). The van der Waals surface area contributed by atoms with Crippen molar-refractivity contribution < 1.29 is 0 Å². The summed E-state index contributed by atoms with van der Waals surface area (Å²) in [6.07, 6.45) is 6.11. The molecule has 5 heteroatoms. The van der Waals surface area contributed by atoms with Gasteiger partial charge < -0.3 is 15.2 Å². The summed E-state index contributed by atoms with van der Waals surface area (Å²) < 4.78 is 2.08. The normalized spacial score (nSPS) is 29.1. The molecule has 19 heavy (non-hydrogen) atoms. The van der Waals surface area contributed by atoms with Crippen molar-refractivity contribution in [2.75, 3.05) is 27.2 Å². The van der Waals surface area contributed by atoms with E-state index in [1.54, 1.807) is 0 Å². The van der Waals surface area contributed by atoms with Crippen LogP contribution in [-0.4, -0.2) is 58.1 Å². The SMILES string of the molecule is CC1CC(CN)(N(C)Cc2nccn2C)CCN1C. The van der Waals surface area contributed by atoms with Gasteiger partial charge in [0.2, 0.25) is 0 Å². The van der Waals surface area contributed by atoms with Crippen LogP contribution >= 0.6 is 0 Å². The monoisotopic (exact) mass is 265 g/mol. The average Bonchev–Trinajstić information content (AvgIpc) is 2.78. The van der Waals surface area contributed by atoms with Gasteiger partial charge in [-0.3, -0.25) is 4.90 Å². The number of likely N-dealkylation sites (tertiary alicyclic amines) is 1. The van der Waals surface area contributed by atoms with Crippen molar-refractivity contribution in [2.45, 2.75) is 37.9 Å². The molecule has 0 bridgehead atoms. The van der Waals surface area contributed by atoms with E-state index < -0.39 is 0 Å². The minimum atomic E-state index is 0.109. The maximum absolute atomic E-state index is 6.13. The zero-order chi connectivity index (χ0) is 14.0. The third kappa shape index (κ3) is 2.83. The van der Waals surface area contributed by atoms with Crippen molar-refractivity contribution in [1.29, 1.82) is 0 Å². The Labute approximate surface area is 116 Å². The number of nitrogens with zero attached hydrogens (tertiary/aromatic N) is 4. The number of aromatic nitrogens is 2. The Hall–Kier alpha value is -0.910. The maximum atomic E-state index is 6.13. The number of imidazole rings is 1. The van der Waals surface area contributed by atoms with Gasteiger partial charge in [0.05, 0.1) is 6.54 Å². The van der Waals surface area contributed by atoms with Gasteiger partial charge in [-0.15, -0.1) is 0 Å². The van der Waals surface area contributed by atoms with E-state index in [0.29, 0.717) is 12.6 Å². The Morgan fingerprint density at radius 2 is 2.26 bits per heavy atom. The van der Waals surface area contributed by atoms with Crippen LogP contribution in [0.4, 0.5) is 0 Å². The summed E-state index contributed by atoms with van der Waals surface area (Å²) in [5.41, 5.74) is 6.24. The highest BCUT2D eigenvalue weighted by Gasteiger charge is 2.39. The zero-order valence-electron chi connectivity index (χ0n) is 12.6. The molecule has 2 heterocycles.